The maximum absolute atomic E-state index is 11.5. The minimum atomic E-state index is -0.546. The van der Waals surface area contributed by atoms with Gasteiger partial charge in [-0.3, -0.25) is 9.78 Å². The SMILES string of the molecule is Cc1cc2cc(Nc3ccnc4cc(-c5cnc(C(N)=O)n5C)sc34)ccc2[nH]1. The molecule has 144 valence electrons. The van der Waals surface area contributed by atoms with Crippen LogP contribution in [-0.4, -0.2) is 25.4 Å². The summed E-state index contributed by atoms with van der Waals surface area (Å²) >= 11 is 1.60. The standard InChI is InChI=1S/C21H18N6OS/c1-11-7-12-8-13(3-4-14(12)25-11)26-15-5-6-23-16-9-18(29-19(15)16)17-10-24-21(20(22)28)27(17)2/h3-10,25H,1-2H3,(H2,22,28)(H,23,26). The van der Waals surface area contributed by atoms with Crippen LogP contribution in [0.1, 0.15) is 16.3 Å². The largest absolute Gasteiger partial charge is 0.363 e. The van der Waals surface area contributed by atoms with Crippen molar-refractivity contribution in [3.05, 3.63) is 60.3 Å². The van der Waals surface area contributed by atoms with Crippen LogP contribution < -0.4 is 11.1 Å². The lowest BCUT2D eigenvalue weighted by Gasteiger charge is -2.07. The zero-order valence-corrected chi connectivity index (χ0v) is 16.7. The molecular formula is C21H18N6OS. The first-order valence-electron chi connectivity index (χ1n) is 9.06. The van der Waals surface area contributed by atoms with E-state index in [4.69, 9.17) is 5.73 Å². The molecule has 0 spiro atoms. The van der Waals surface area contributed by atoms with E-state index in [0.717, 1.165) is 43.4 Å². The number of pyridine rings is 1. The highest BCUT2D eigenvalue weighted by Gasteiger charge is 2.16. The van der Waals surface area contributed by atoms with Gasteiger partial charge in [0.1, 0.15) is 0 Å². The van der Waals surface area contributed by atoms with Crippen LogP contribution >= 0.6 is 11.3 Å². The molecule has 29 heavy (non-hydrogen) atoms. The number of primary amides is 1. The number of carbonyl (C=O) groups excluding carboxylic acids is 1. The molecule has 0 aliphatic heterocycles. The first-order chi connectivity index (χ1) is 14.0. The summed E-state index contributed by atoms with van der Waals surface area (Å²) in [4.78, 5) is 24.5. The van der Waals surface area contributed by atoms with Crippen LogP contribution in [0, 0.1) is 6.92 Å². The van der Waals surface area contributed by atoms with Gasteiger partial charge in [0, 0.05) is 35.5 Å². The van der Waals surface area contributed by atoms with Crippen molar-refractivity contribution in [2.45, 2.75) is 6.92 Å². The summed E-state index contributed by atoms with van der Waals surface area (Å²) in [7, 11) is 1.79. The monoisotopic (exact) mass is 402 g/mol. The van der Waals surface area contributed by atoms with Gasteiger partial charge in [-0.05, 0) is 43.3 Å². The zero-order chi connectivity index (χ0) is 20.1. The van der Waals surface area contributed by atoms with E-state index in [0.29, 0.717) is 0 Å². The van der Waals surface area contributed by atoms with Crippen molar-refractivity contribution >= 4 is 49.7 Å². The van der Waals surface area contributed by atoms with E-state index in [2.05, 4.69) is 51.5 Å². The van der Waals surface area contributed by atoms with E-state index in [1.807, 2.05) is 12.1 Å². The molecule has 4 N–H and O–H groups in total. The molecule has 5 aromatic rings. The van der Waals surface area contributed by atoms with Crippen molar-refractivity contribution in [3.8, 4) is 10.6 Å². The summed E-state index contributed by atoms with van der Waals surface area (Å²) in [5, 5.41) is 4.68. The Bertz CT molecular complexity index is 1390. The molecule has 1 aromatic carbocycles. The third kappa shape index (κ3) is 2.94. The molecule has 0 saturated heterocycles. The molecule has 4 heterocycles. The molecule has 0 aliphatic rings. The highest BCUT2D eigenvalue weighted by molar-refractivity contribution is 7.22. The average Bonchev–Trinajstić information content (AvgIpc) is 3.36. The van der Waals surface area contributed by atoms with Crippen molar-refractivity contribution in [1.82, 2.24) is 19.5 Å². The van der Waals surface area contributed by atoms with Gasteiger partial charge in [0.05, 0.1) is 32.7 Å². The number of aromatic amines is 1. The van der Waals surface area contributed by atoms with E-state index in [1.165, 1.54) is 5.39 Å². The topological polar surface area (TPSA) is 102 Å². The number of hydrogen-bond acceptors (Lipinski definition) is 5. The molecule has 7 nitrogen and oxygen atoms in total. The smallest absolute Gasteiger partial charge is 0.284 e. The number of nitrogens with one attached hydrogen (secondary N) is 2. The van der Waals surface area contributed by atoms with Crippen LogP contribution in [0.2, 0.25) is 0 Å². The van der Waals surface area contributed by atoms with E-state index in [-0.39, 0.29) is 5.82 Å². The molecule has 1 amide bonds. The number of thiophene rings is 1. The van der Waals surface area contributed by atoms with Crippen LogP contribution in [0.3, 0.4) is 0 Å². The number of nitrogens with two attached hydrogens (primary N) is 1. The first-order valence-corrected chi connectivity index (χ1v) is 9.88. The molecule has 4 aromatic heterocycles. The second-order valence-corrected chi connectivity index (χ2v) is 8.01. The number of aromatic nitrogens is 4. The summed E-state index contributed by atoms with van der Waals surface area (Å²) in [6.45, 7) is 2.05. The lowest BCUT2D eigenvalue weighted by atomic mass is 10.2. The van der Waals surface area contributed by atoms with E-state index >= 15 is 0 Å². The number of anilines is 2. The number of imidazole rings is 1. The number of carbonyl (C=O) groups is 1. The van der Waals surface area contributed by atoms with Crippen LogP contribution in [0.4, 0.5) is 11.4 Å². The van der Waals surface area contributed by atoms with Crippen LogP contribution in [0.25, 0.3) is 31.7 Å². The van der Waals surface area contributed by atoms with Gasteiger partial charge in [0.25, 0.3) is 5.91 Å². The van der Waals surface area contributed by atoms with Gasteiger partial charge in [-0.25, -0.2) is 4.98 Å². The minimum Gasteiger partial charge on any atom is -0.363 e. The number of nitrogens with zero attached hydrogens (tertiary/aromatic N) is 3. The Morgan fingerprint density at radius 2 is 2.07 bits per heavy atom. The normalized spacial score (nSPS) is 11.4. The Balaban J connectivity index is 1.55. The second-order valence-electron chi connectivity index (χ2n) is 6.95. The predicted molar refractivity (Wildman–Crippen MR) is 117 cm³/mol. The third-order valence-corrected chi connectivity index (χ3v) is 6.09. The van der Waals surface area contributed by atoms with Crippen molar-refractivity contribution < 1.29 is 4.79 Å². The van der Waals surface area contributed by atoms with Gasteiger partial charge in [-0.2, -0.15) is 0 Å². The fourth-order valence-electron chi connectivity index (χ4n) is 3.54. The summed E-state index contributed by atoms with van der Waals surface area (Å²) in [5.41, 5.74) is 11.4. The number of aryl methyl sites for hydroxylation is 1. The summed E-state index contributed by atoms with van der Waals surface area (Å²) in [5.74, 6) is -0.311. The first kappa shape index (κ1) is 17.4. The molecule has 0 atom stereocenters. The van der Waals surface area contributed by atoms with Gasteiger partial charge < -0.3 is 20.6 Å². The fourth-order valence-corrected chi connectivity index (χ4v) is 4.67. The number of fused-ring (bicyclic) bond motifs is 2. The molecule has 5 rings (SSSR count). The minimum absolute atomic E-state index is 0.235. The number of amides is 1. The van der Waals surface area contributed by atoms with Gasteiger partial charge in [0.2, 0.25) is 0 Å². The number of benzene rings is 1. The van der Waals surface area contributed by atoms with Crippen LogP contribution in [-0.2, 0) is 7.05 Å². The van der Waals surface area contributed by atoms with Crippen LogP contribution in [0.5, 0.6) is 0 Å². The molecule has 0 radical (unpaired) electrons. The van der Waals surface area contributed by atoms with Crippen LogP contribution in [0.15, 0.2) is 48.8 Å². The van der Waals surface area contributed by atoms with E-state index < -0.39 is 5.91 Å². The van der Waals surface area contributed by atoms with Crippen molar-refractivity contribution in [2.75, 3.05) is 5.32 Å². The van der Waals surface area contributed by atoms with Gasteiger partial charge in [-0.1, -0.05) is 0 Å². The molecule has 0 unspecified atom stereocenters. The lowest BCUT2D eigenvalue weighted by Crippen LogP contribution is -2.16. The maximum atomic E-state index is 11.5. The van der Waals surface area contributed by atoms with Gasteiger partial charge in [-0.15, -0.1) is 11.3 Å². The Morgan fingerprint density at radius 3 is 2.86 bits per heavy atom. The second kappa shape index (κ2) is 6.46. The van der Waals surface area contributed by atoms with Crippen molar-refractivity contribution in [3.63, 3.8) is 0 Å². The third-order valence-electron chi connectivity index (χ3n) is 4.91. The Hall–Kier alpha value is -3.65. The van der Waals surface area contributed by atoms with E-state index in [1.54, 1.807) is 35.3 Å². The molecular weight excluding hydrogens is 384 g/mol. The highest BCUT2D eigenvalue weighted by Crippen LogP contribution is 2.37. The highest BCUT2D eigenvalue weighted by atomic mass is 32.1. The molecule has 0 bridgehead atoms. The number of hydrogen-bond donors (Lipinski definition) is 3. The zero-order valence-electron chi connectivity index (χ0n) is 15.9. The lowest BCUT2D eigenvalue weighted by molar-refractivity contribution is 0.0987. The van der Waals surface area contributed by atoms with Crippen molar-refractivity contribution in [2.24, 2.45) is 12.8 Å². The molecule has 0 aliphatic carbocycles. The summed E-state index contributed by atoms with van der Waals surface area (Å²) in [6, 6.07) is 12.4. The van der Waals surface area contributed by atoms with Gasteiger partial charge in [0.15, 0.2) is 5.82 Å². The Labute approximate surface area is 170 Å². The molecule has 8 heteroatoms. The van der Waals surface area contributed by atoms with Gasteiger partial charge >= 0.3 is 0 Å². The van der Waals surface area contributed by atoms with Crippen molar-refractivity contribution in [1.29, 1.82) is 0 Å². The Morgan fingerprint density at radius 1 is 1.21 bits per heavy atom. The number of rotatable bonds is 4. The molecule has 0 fully saturated rings. The molecule has 0 saturated carbocycles. The summed E-state index contributed by atoms with van der Waals surface area (Å²) in [6.07, 6.45) is 3.46. The maximum Gasteiger partial charge on any atom is 0.284 e. The number of H-pyrrole nitrogens is 1. The van der Waals surface area contributed by atoms with E-state index in [9.17, 15) is 4.79 Å². The quantitative estimate of drug-likeness (QED) is 0.416. The predicted octanol–water partition coefficient (Wildman–Crippen LogP) is 4.33. The average molecular weight is 402 g/mol. The summed E-state index contributed by atoms with van der Waals surface area (Å²) < 4.78 is 2.75. The fraction of sp³-hybridized carbons (Fsp3) is 0.0952. The Kier molecular flexibility index (Phi) is 3.88.